The third-order valence-corrected chi connectivity index (χ3v) is 4.19. The summed E-state index contributed by atoms with van der Waals surface area (Å²) in [5.41, 5.74) is 2.09. The molecule has 5 heteroatoms. The van der Waals surface area contributed by atoms with Crippen LogP contribution in [0.15, 0.2) is 28.8 Å². The molecule has 1 aromatic heterocycles. The average molecular weight is 287 g/mol. The van der Waals surface area contributed by atoms with Gasteiger partial charge in [-0.1, -0.05) is 43.3 Å². The quantitative estimate of drug-likeness (QED) is 0.881. The van der Waals surface area contributed by atoms with Crippen molar-refractivity contribution in [1.29, 1.82) is 0 Å². The van der Waals surface area contributed by atoms with Crippen molar-refractivity contribution in [3.63, 3.8) is 0 Å². The van der Waals surface area contributed by atoms with Gasteiger partial charge in [0.25, 0.3) is 0 Å². The zero-order valence-electron chi connectivity index (χ0n) is 12.5. The lowest BCUT2D eigenvalue weighted by molar-refractivity contribution is 0.157. The summed E-state index contributed by atoms with van der Waals surface area (Å²) in [6.07, 6.45) is 1.87. The van der Waals surface area contributed by atoms with Gasteiger partial charge >= 0.3 is 0 Å². The second-order valence-corrected chi connectivity index (χ2v) is 5.95. The number of hydrogen-bond acceptors (Lipinski definition) is 5. The Bertz CT molecular complexity index is 623. The van der Waals surface area contributed by atoms with Gasteiger partial charge < -0.3 is 9.63 Å². The van der Waals surface area contributed by atoms with Crippen LogP contribution in [0.1, 0.15) is 49.0 Å². The Balaban J connectivity index is 1.76. The van der Waals surface area contributed by atoms with Crippen LogP contribution in [-0.4, -0.2) is 21.9 Å². The highest BCUT2D eigenvalue weighted by molar-refractivity contribution is 5.38. The molecule has 21 heavy (non-hydrogen) atoms. The van der Waals surface area contributed by atoms with E-state index < -0.39 is 5.54 Å². The van der Waals surface area contributed by atoms with Gasteiger partial charge in [-0.25, -0.2) is 0 Å². The maximum absolute atomic E-state index is 9.91. The van der Waals surface area contributed by atoms with Crippen molar-refractivity contribution in [1.82, 2.24) is 15.5 Å². The Morgan fingerprint density at radius 2 is 2.19 bits per heavy atom. The molecule has 0 fully saturated rings. The molecule has 112 valence electrons. The monoisotopic (exact) mass is 287 g/mol. The number of rotatable bonds is 5. The smallest absolute Gasteiger partial charge is 0.229 e. The molecule has 0 amide bonds. The van der Waals surface area contributed by atoms with Crippen LogP contribution in [0.2, 0.25) is 0 Å². The lowest BCUT2D eigenvalue weighted by Gasteiger charge is -2.29. The molecule has 1 atom stereocenters. The zero-order valence-corrected chi connectivity index (χ0v) is 12.5. The fraction of sp³-hybridized carbons (Fsp3) is 0.500. The molecule has 5 nitrogen and oxygen atoms in total. The first-order chi connectivity index (χ1) is 10.1. The van der Waals surface area contributed by atoms with Crippen LogP contribution >= 0.6 is 0 Å². The standard InChI is InChI=1S/C16H21N3O2/c1-11(2)15-18-14(19-21-15)9-17-16(10-20)8-7-12-5-3-4-6-13(12)16/h3-6,11,17,20H,7-10H2,1-2H3. The summed E-state index contributed by atoms with van der Waals surface area (Å²) in [5, 5.41) is 17.3. The first-order valence-electron chi connectivity index (χ1n) is 7.41. The predicted octanol–water partition coefficient (Wildman–Crippen LogP) is 2.12. The minimum absolute atomic E-state index is 0.0684. The van der Waals surface area contributed by atoms with Crippen LogP contribution in [0.5, 0.6) is 0 Å². The Morgan fingerprint density at radius 3 is 2.90 bits per heavy atom. The van der Waals surface area contributed by atoms with Crippen LogP contribution in [0.3, 0.4) is 0 Å². The Kier molecular flexibility index (Phi) is 3.78. The van der Waals surface area contributed by atoms with Crippen LogP contribution in [0.4, 0.5) is 0 Å². The molecule has 0 spiro atoms. The molecule has 2 aromatic rings. The van der Waals surface area contributed by atoms with Crippen molar-refractivity contribution in [3.05, 3.63) is 47.1 Å². The normalized spacial score (nSPS) is 21.0. The van der Waals surface area contributed by atoms with Gasteiger partial charge in [-0.3, -0.25) is 5.32 Å². The number of aliphatic hydroxyl groups is 1. The third kappa shape index (κ3) is 2.59. The van der Waals surface area contributed by atoms with E-state index in [1.165, 1.54) is 11.1 Å². The van der Waals surface area contributed by atoms with Crippen LogP contribution < -0.4 is 5.32 Å². The number of aryl methyl sites for hydroxylation is 1. The zero-order chi connectivity index (χ0) is 14.9. The molecule has 1 aliphatic rings. The molecular formula is C16H21N3O2. The van der Waals surface area contributed by atoms with Gasteiger partial charge in [0.2, 0.25) is 5.89 Å². The number of hydrogen-bond donors (Lipinski definition) is 2. The molecule has 0 saturated heterocycles. The Morgan fingerprint density at radius 1 is 1.38 bits per heavy atom. The van der Waals surface area contributed by atoms with Gasteiger partial charge in [-0.05, 0) is 24.0 Å². The van der Waals surface area contributed by atoms with Crippen molar-refractivity contribution in [3.8, 4) is 0 Å². The first-order valence-corrected chi connectivity index (χ1v) is 7.41. The van der Waals surface area contributed by atoms with E-state index in [0.29, 0.717) is 18.3 Å². The number of aliphatic hydroxyl groups excluding tert-OH is 1. The molecule has 0 radical (unpaired) electrons. The highest BCUT2D eigenvalue weighted by Gasteiger charge is 2.37. The summed E-state index contributed by atoms with van der Waals surface area (Å²) >= 11 is 0. The largest absolute Gasteiger partial charge is 0.394 e. The van der Waals surface area contributed by atoms with Crippen molar-refractivity contribution in [2.24, 2.45) is 0 Å². The van der Waals surface area contributed by atoms with Crippen LogP contribution in [0.25, 0.3) is 0 Å². The number of nitrogens with zero attached hydrogens (tertiary/aromatic N) is 2. The average Bonchev–Trinajstić information content (AvgIpc) is 3.11. The molecule has 3 rings (SSSR count). The number of aromatic nitrogens is 2. The van der Waals surface area contributed by atoms with E-state index in [1.54, 1.807) is 0 Å². The van der Waals surface area contributed by atoms with E-state index in [9.17, 15) is 5.11 Å². The first kappa shape index (κ1) is 14.2. The molecule has 2 N–H and O–H groups in total. The molecule has 1 heterocycles. The lowest BCUT2D eigenvalue weighted by Crippen LogP contribution is -2.43. The van der Waals surface area contributed by atoms with Crippen molar-refractivity contribution >= 4 is 0 Å². The van der Waals surface area contributed by atoms with E-state index in [-0.39, 0.29) is 12.5 Å². The minimum Gasteiger partial charge on any atom is -0.394 e. The SMILES string of the molecule is CC(C)c1nc(CNC2(CO)CCc3ccccc32)no1. The van der Waals surface area contributed by atoms with E-state index in [0.717, 1.165) is 12.8 Å². The highest BCUT2D eigenvalue weighted by Crippen LogP contribution is 2.36. The van der Waals surface area contributed by atoms with Gasteiger partial charge in [0.15, 0.2) is 5.82 Å². The molecule has 0 saturated carbocycles. The van der Waals surface area contributed by atoms with Gasteiger partial charge in [-0.2, -0.15) is 4.98 Å². The Hall–Kier alpha value is -1.72. The van der Waals surface area contributed by atoms with Gasteiger partial charge in [-0.15, -0.1) is 0 Å². The maximum atomic E-state index is 9.91. The van der Waals surface area contributed by atoms with E-state index in [4.69, 9.17) is 4.52 Å². The summed E-state index contributed by atoms with van der Waals surface area (Å²) in [7, 11) is 0. The molecule has 0 aliphatic heterocycles. The van der Waals surface area contributed by atoms with Crippen molar-refractivity contribution in [2.75, 3.05) is 6.61 Å². The van der Waals surface area contributed by atoms with Gasteiger partial charge in [0, 0.05) is 5.92 Å². The Labute approximate surface area is 124 Å². The minimum atomic E-state index is -0.394. The molecule has 1 aliphatic carbocycles. The molecule has 1 unspecified atom stereocenters. The molecular weight excluding hydrogens is 266 g/mol. The van der Waals surface area contributed by atoms with Crippen LogP contribution in [0, 0.1) is 0 Å². The van der Waals surface area contributed by atoms with E-state index in [2.05, 4.69) is 27.6 Å². The summed E-state index contributed by atoms with van der Waals surface area (Å²) in [6.45, 7) is 4.60. The second kappa shape index (κ2) is 5.58. The van der Waals surface area contributed by atoms with Crippen molar-refractivity contribution in [2.45, 2.75) is 44.7 Å². The highest BCUT2D eigenvalue weighted by atomic mass is 16.5. The topological polar surface area (TPSA) is 71.2 Å². The number of fused-ring (bicyclic) bond motifs is 1. The number of nitrogens with one attached hydrogen (secondary N) is 1. The van der Waals surface area contributed by atoms with Crippen molar-refractivity contribution < 1.29 is 9.63 Å². The summed E-state index contributed by atoms with van der Waals surface area (Å²) < 4.78 is 5.21. The van der Waals surface area contributed by atoms with E-state index in [1.807, 2.05) is 26.0 Å². The maximum Gasteiger partial charge on any atom is 0.229 e. The van der Waals surface area contributed by atoms with Crippen LogP contribution in [-0.2, 0) is 18.5 Å². The predicted molar refractivity (Wildman–Crippen MR) is 78.8 cm³/mol. The third-order valence-electron chi connectivity index (χ3n) is 4.19. The summed E-state index contributed by atoms with van der Waals surface area (Å²) in [4.78, 5) is 4.37. The summed E-state index contributed by atoms with van der Waals surface area (Å²) in [5.74, 6) is 1.51. The fourth-order valence-corrected chi connectivity index (χ4v) is 2.91. The van der Waals surface area contributed by atoms with Gasteiger partial charge in [0.1, 0.15) is 0 Å². The molecule has 1 aromatic carbocycles. The van der Waals surface area contributed by atoms with Gasteiger partial charge in [0.05, 0.1) is 18.7 Å². The lowest BCUT2D eigenvalue weighted by atomic mass is 9.92. The summed E-state index contributed by atoms with van der Waals surface area (Å²) in [6, 6.07) is 8.27. The second-order valence-electron chi connectivity index (χ2n) is 5.95. The van der Waals surface area contributed by atoms with E-state index >= 15 is 0 Å². The fourth-order valence-electron chi connectivity index (χ4n) is 2.91. The number of benzene rings is 1. The molecule has 0 bridgehead atoms.